The molecule has 384 valence electrons. The molecule has 1 atom stereocenters. The smallest absolute Gasteiger partial charge is 0.188 e. The number of nitrogens with zero attached hydrogens (tertiary/aromatic N) is 8. The topological polar surface area (TPSA) is 90.4 Å². The number of anilines is 3. The van der Waals surface area contributed by atoms with Crippen LogP contribution in [-0.2, 0) is 5.41 Å². The van der Waals surface area contributed by atoms with Crippen LogP contribution >= 0.6 is 0 Å². The van der Waals surface area contributed by atoms with Gasteiger partial charge in [-0.3, -0.25) is 9.97 Å². The second kappa shape index (κ2) is 16.7. The molecule has 10 nitrogen and oxygen atoms in total. The molecule has 1 aliphatic carbocycles. The highest BCUT2D eigenvalue weighted by molar-refractivity contribution is 6.12. The van der Waals surface area contributed by atoms with Crippen LogP contribution in [0.2, 0.25) is 0 Å². The number of pyridine rings is 2. The zero-order valence-electron chi connectivity index (χ0n) is 44.0. The molecule has 1 unspecified atom stereocenters. The summed E-state index contributed by atoms with van der Waals surface area (Å²) in [6, 6.07) is 82.3. The number of aromatic nitrogens is 5. The van der Waals surface area contributed by atoms with Crippen LogP contribution in [0.15, 0.2) is 243 Å². The van der Waals surface area contributed by atoms with Crippen molar-refractivity contribution >= 4 is 88.2 Å². The minimum absolute atomic E-state index is 0.567. The minimum atomic E-state index is -1.15. The number of nitriles is 1. The second-order valence-electron chi connectivity index (χ2n) is 21.4. The molecule has 1 spiro atoms. The van der Waals surface area contributed by atoms with Gasteiger partial charge < -0.3 is 28.1 Å². The van der Waals surface area contributed by atoms with Gasteiger partial charge in [-0.2, -0.15) is 5.26 Å². The van der Waals surface area contributed by atoms with E-state index in [9.17, 15) is 5.26 Å². The molecule has 5 aromatic heterocycles. The lowest BCUT2D eigenvalue weighted by molar-refractivity contribution is 0.433. The van der Waals surface area contributed by atoms with Gasteiger partial charge in [-0.25, -0.2) is 4.85 Å². The highest BCUT2D eigenvalue weighted by Gasteiger charge is 2.54. The number of hydrogen-bond donors (Lipinski definition) is 0. The van der Waals surface area contributed by atoms with E-state index in [4.69, 9.17) is 26.0 Å². The number of para-hydroxylation sites is 10. The summed E-state index contributed by atoms with van der Waals surface area (Å²) >= 11 is 0. The van der Waals surface area contributed by atoms with Crippen LogP contribution < -0.4 is 14.4 Å². The van der Waals surface area contributed by atoms with Gasteiger partial charge in [0.05, 0.1) is 115 Å². The molecule has 0 saturated heterocycles. The normalized spacial score (nSPS) is 14.5. The third kappa shape index (κ3) is 5.97. The molecule has 0 radical (unpaired) electrons. The zero-order chi connectivity index (χ0) is 54.7. The van der Waals surface area contributed by atoms with Gasteiger partial charge in [-0.15, -0.1) is 0 Å². The van der Waals surface area contributed by atoms with Crippen molar-refractivity contribution in [3.63, 3.8) is 0 Å². The Kier molecular flexibility index (Phi) is 9.07. The standard InChI is InChI=1S/C73H40N8O2/c1-75-44-33-35-62-52(37-44)50-19-5-9-25-60(50)81(62)66-29-15-21-54-72(66)83-71-53(20-14-28-65(71)80-59-24-8-4-18-49(59)51-36-43(40-74)32-34-61(51)80)73(54)55-38-45(78-57-22-6-2-16-47(57)48-17-3-7-23-58(48)78)41-76-69(55)70-56(73)39-46(42-77-70)79-63-26-10-12-30-67(63)82-68-31-13-11-27-64(68)79/h2-39,41-42H. The van der Waals surface area contributed by atoms with Gasteiger partial charge in [0.25, 0.3) is 0 Å². The minimum Gasteiger partial charge on any atom is -0.453 e. The molecule has 3 aliphatic rings. The SMILES string of the molecule is [C-]#[N+]c1ccc2c(c1)c1ccccc1n2-c1cccc2c1Oc1c(-n3c4ccccc4c4cc(C#N)ccc43)cccc1C21c2cc(N3c4ccccc4Oc4ccccc43)cnc2-c2ncc(-n3c4ccccc4c4ccccc43)cc21. The van der Waals surface area contributed by atoms with Crippen molar-refractivity contribution in [1.29, 1.82) is 5.26 Å². The number of rotatable bonds is 4. The maximum atomic E-state index is 10.3. The van der Waals surface area contributed by atoms with Gasteiger partial charge in [-0.05, 0) is 109 Å². The first kappa shape index (κ1) is 45.2. The van der Waals surface area contributed by atoms with Gasteiger partial charge >= 0.3 is 0 Å². The molecule has 10 aromatic carbocycles. The van der Waals surface area contributed by atoms with E-state index >= 15 is 0 Å². The Morgan fingerprint density at radius 1 is 0.398 bits per heavy atom. The van der Waals surface area contributed by atoms with Gasteiger partial charge in [-0.1, -0.05) is 127 Å². The van der Waals surface area contributed by atoms with Crippen molar-refractivity contribution in [3.8, 4) is 57.5 Å². The van der Waals surface area contributed by atoms with Crippen molar-refractivity contribution in [3.05, 3.63) is 282 Å². The molecule has 2 aliphatic heterocycles. The van der Waals surface area contributed by atoms with Crippen molar-refractivity contribution in [2.24, 2.45) is 0 Å². The van der Waals surface area contributed by atoms with Crippen LogP contribution in [0.4, 0.5) is 22.7 Å². The summed E-state index contributed by atoms with van der Waals surface area (Å²) in [6.07, 6.45) is 3.97. The van der Waals surface area contributed by atoms with E-state index < -0.39 is 5.41 Å². The summed E-state index contributed by atoms with van der Waals surface area (Å²) in [5, 5.41) is 16.5. The highest BCUT2D eigenvalue weighted by Crippen LogP contribution is 2.65. The van der Waals surface area contributed by atoms with Crippen LogP contribution in [0.1, 0.15) is 27.8 Å². The Hall–Kier alpha value is -11.7. The molecule has 7 heterocycles. The first-order chi connectivity index (χ1) is 41.1. The van der Waals surface area contributed by atoms with E-state index in [-0.39, 0.29) is 0 Å². The van der Waals surface area contributed by atoms with Gasteiger partial charge in [0.15, 0.2) is 28.7 Å². The maximum absolute atomic E-state index is 10.3. The fourth-order valence-electron chi connectivity index (χ4n) is 14.1. The molecule has 83 heavy (non-hydrogen) atoms. The van der Waals surface area contributed by atoms with E-state index in [1.807, 2.05) is 73.1 Å². The first-order valence-electron chi connectivity index (χ1n) is 27.5. The summed E-state index contributed by atoms with van der Waals surface area (Å²) in [4.78, 5) is 17.3. The largest absolute Gasteiger partial charge is 0.453 e. The van der Waals surface area contributed by atoms with Crippen LogP contribution in [0, 0.1) is 17.9 Å². The monoisotopic (exact) mass is 1060 g/mol. The lowest BCUT2D eigenvalue weighted by Crippen LogP contribution is -2.33. The first-order valence-corrected chi connectivity index (χ1v) is 27.5. The molecule has 0 bridgehead atoms. The Balaban J connectivity index is 1.01. The van der Waals surface area contributed by atoms with Crippen LogP contribution in [0.5, 0.6) is 23.0 Å². The fraction of sp³-hybridized carbons (Fsp3) is 0.0137. The summed E-state index contributed by atoms with van der Waals surface area (Å²) in [6.45, 7) is 8.06. The van der Waals surface area contributed by atoms with Crippen LogP contribution in [0.3, 0.4) is 0 Å². The van der Waals surface area contributed by atoms with E-state index in [0.29, 0.717) is 22.7 Å². The third-order valence-corrected chi connectivity index (χ3v) is 17.4. The van der Waals surface area contributed by atoms with E-state index in [0.717, 1.165) is 145 Å². The van der Waals surface area contributed by atoms with Crippen LogP contribution in [0.25, 0.3) is 98.7 Å². The Morgan fingerprint density at radius 3 is 1.40 bits per heavy atom. The molecular formula is C73H40N8O2. The van der Waals surface area contributed by atoms with Crippen molar-refractivity contribution in [2.75, 3.05) is 4.90 Å². The fourth-order valence-corrected chi connectivity index (χ4v) is 14.1. The quantitative estimate of drug-likeness (QED) is 0.163. The summed E-state index contributed by atoms with van der Waals surface area (Å²) in [5.41, 5.74) is 16.3. The third-order valence-electron chi connectivity index (χ3n) is 17.4. The number of hydrogen-bond acceptors (Lipinski definition) is 6. The van der Waals surface area contributed by atoms with Crippen LogP contribution in [-0.4, -0.2) is 23.7 Å². The molecule has 0 saturated carbocycles. The average Bonchev–Trinajstić information content (AvgIpc) is 1.81. The van der Waals surface area contributed by atoms with Gasteiger partial charge in [0.1, 0.15) is 0 Å². The predicted octanol–water partition coefficient (Wildman–Crippen LogP) is 18.2. The average molecular weight is 1060 g/mol. The number of benzene rings is 10. The molecular weight excluding hydrogens is 1020 g/mol. The molecule has 18 rings (SSSR count). The lowest BCUT2D eigenvalue weighted by Gasteiger charge is -2.41. The van der Waals surface area contributed by atoms with Gasteiger partial charge in [0, 0.05) is 49.2 Å². The summed E-state index contributed by atoms with van der Waals surface area (Å²) in [5.74, 6) is 2.79. The molecule has 0 fully saturated rings. The number of fused-ring (bicyclic) bond motifs is 20. The molecule has 0 N–H and O–H groups in total. The maximum Gasteiger partial charge on any atom is 0.188 e. The Morgan fingerprint density at radius 2 is 0.843 bits per heavy atom. The van der Waals surface area contributed by atoms with E-state index in [1.165, 1.54) is 0 Å². The summed E-state index contributed by atoms with van der Waals surface area (Å²) < 4.78 is 21.5. The Labute approximate surface area is 474 Å². The second-order valence-corrected chi connectivity index (χ2v) is 21.4. The number of ether oxygens (including phenoxy) is 2. The molecule has 0 amide bonds. The molecule has 10 heteroatoms. The van der Waals surface area contributed by atoms with E-state index in [1.54, 1.807) is 0 Å². The Bertz CT molecular complexity index is 5200. The van der Waals surface area contributed by atoms with Crippen molar-refractivity contribution < 1.29 is 9.47 Å². The molecule has 15 aromatic rings. The van der Waals surface area contributed by atoms with Crippen molar-refractivity contribution in [1.82, 2.24) is 23.7 Å². The zero-order valence-corrected chi connectivity index (χ0v) is 44.0. The van der Waals surface area contributed by atoms with E-state index in [2.05, 4.69) is 199 Å². The van der Waals surface area contributed by atoms with Crippen molar-refractivity contribution in [2.45, 2.75) is 5.41 Å². The highest BCUT2D eigenvalue weighted by atomic mass is 16.5. The summed E-state index contributed by atoms with van der Waals surface area (Å²) in [7, 11) is 0. The predicted molar refractivity (Wildman–Crippen MR) is 328 cm³/mol. The van der Waals surface area contributed by atoms with Gasteiger partial charge in [0.2, 0.25) is 0 Å². The lowest BCUT2D eigenvalue weighted by atomic mass is 9.66.